The SMILES string of the molecule is CC(NCC(=O)O)C(O)c1ccc(N(C)C)cc1. The van der Waals surface area contributed by atoms with E-state index in [0.717, 1.165) is 11.3 Å². The minimum atomic E-state index is -0.933. The predicted molar refractivity (Wildman–Crippen MR) is 70.8 cm³/mol. The molecular weight excluding hydrogens is 232 g/mol. The molecule has 0 radical (unpaired) electrons. The Hall–Kier alpha value is -1.59. The van der Waals surface area contributed by atoms with Crippen LogP contribution in [-0.4, -0.2) is 42.9 Å². The molecule has 0 spiro atoms. The lowest BCUT2D eigenvalue weighted by Gasteiger charge is -2.21. The number of carboxylic acids is 1. The molecule has 0 fully saturated rings. The van der Waals surface area contributed by atoms with Crippen LogP contribution in [0.4, 0.5) is 5.69 Å². The molecule has 0 saturated heterocycles. The van der Waals surface area contributed by atoms with Gasteiger partial charge in [-0.15, -0.1) is 0 Å². The summed E-state index contributed by atoms with van der Waals surface area (Å²) in [6.45, 7) is 1.60. The van der Waals surface area contributed by atoms with Crippen LogP contribution in [0.15, 0.2) is 24.3 Å². The van der Waals surface area contributed by atoms with Gasteiger partial charge in [0.05, 0.1) is 12.6 Å². The minimum absolute atomic E-state index is 0.159. The van der Waals surface area contributed by atoms with Gasteiger partial charge in [-0.2, -0.15) is 0 Å². The molecule has 0 bridgehead atoms. The molecule has 3 N–H and O–H groups in total. The van der Waals surface area contributed by atoms with E-state index in [-0.39, 0.29) is 12.6 Å². The van der Waals surface area contributed by atoms with Gasteiger partial charge in [0.15, 0.2) is 0 Å². The number of hydrogen-bond acceptors (Lipinski definition) is 4. The van der Waals surface area contributed by atoms with Gasteiger partial charge in [0, 0.05) is 25.8 Å². The van der Waals surface area contributed by atoms with E-state index in [9.17, 15) is 9.90 Å². The van der Waals surface area contributed by atoms with Crippen LogP contribution in [0.5, 0.6) is 0 Å². The summed E-state index contributed by atoms with van der Waals surface area (Å²) < 4.78 is 0. The summed E-state index contributed by atoms with van der Waals surface area (Å²) in [5.41, 5.74) is 1.82. The minimum Gasteiger partial charge on any atom is -0.480 e. The van der Waals surface area contributed by atoms with Crippen LogP contribution in [0.2, 0.25) is 0 Å². The lowest BCUT2D eigenvalue weighted by Crippen LogP contribution is -2.35. The Labute approximate surface area is 107 Å². The third-order valence-corrected chi connectivity index (χ3v) is 2.80. The first-order valence-corrected chi connectivity index (χ1v) is 5.82. The van der Waals surface area contributed by atoms with Gasteiger partial charge < -0.3 is 20.4 Å². The van der Waals surface area contributed by atoms with Crippen molar-refractivity contribution in [1.82, 2.24) is 5.32 Å². The summed E-state index contributed by atoms with van der Waals surface area (Å²) >= 11 is 0. The monoisotopic (exact) mass is 252 g/mol. The molecule has 0 amide bonds. The smallest absolute Gasteiger partial charge is 0.317 e. The maximum Gasteiger partial charge on any atom is 0.317 e. The molecule has 0 aliphatic rings. The van der Waals surface area contributed by atoms with E-state index in [1.165, 1.54) is 0 Å². The van der Waals surface area contributed by atoms with Crippen molar-refractivity contribution in [3.63, 3.8) is 0 Å². The predicted octanol–water partition coefficient (Wildman–Crippen LogP) is 0.849. The second kappa shape index (κ2) is 6.37. The highest BCUT2D eigenvalue weighted by atomic mass is 16.4. The second-order valence-corrected chi connectivity index (χ2v) is 4.49. The average Bonchev–Trinajstić information content (AvgIpc) is 2.35. The molecule has 18 heavy (non-hydrogen) atoms. The largest absolute Gasteiger partial charge is 0.480 e. The molecular formula is C13H20N2O3. The zero-order valence-electron chi connectivity index (χ0n) is 10.9. The summed E-state index contributed by atoms with van der Waals surface area (Å²) in [6, 6.07) is 7.22. The normalized spacial score (nSPS) is 14.0. The molecule has 2 unspecified atom stereocenters. The first kappa shape index (κ1) is 14.5. The number of rotatable bonds is 6. The summed E-state index contributed by atoms with van der Waals surface area (Å²) in [6.07, 6.45) is -0.722. The molecule has 5 heteroatoms. The number of aliphatic carboxylic acids is 1. The van der Waals surface area contributed by atoms with Crippen molar-refractivity contribution in [2.24, 2.45) is 0 Å². The number of aliphatic hydroxyl groups is 1. The zero-order chi connectivity index (χ0) is 13.7. The summed E-state index contributed by atoms with van der Waals surface area (Å²) in [5.74, 6) is -0.933. The average molecular weight is 252 g/mol. The van der Waals surface area contributed by atoms with Crippen LogP contribution in [0.3, 0.4) is 0 Å². The molecule has 0 aliphatic carbocycles. The summed E-state index contributed by atoms with van der Waals surface area (Å²) in [5, 5.41) is 21.4. The molecule has 1 aromatic rings. The van der Waals surface area contributed by atoms with Gasteiger partial charge >= 0.3 is 5.97 Å². The van der Waals surface area contributed by atoms with Gasteiger partial charge in [-0.25, -0.2) is 0 Å². The van der Waals surface area contributed by atoms with Gasteiger partial charge in [0.25, 0.3) is 0 Å². The van der Waals surface area contributed by atoms with Crippen LogP contribution in [0, 0.1) is 0 Å². The lowest BCUT2D eigenvalue weighted by molar-refractivity contribution is -0.136. The Bertz CT molecular complexity index is 390. The van der Waals surface area contributed by atoms with Crippen molar-refractivity contribution < 1.29 is 15.0 Å². The van der Waals surface area contributed by atoms with E-state index in [0.29, 0.717) is 0 Å². The second-order valence-electron chi connectivity index (χ2n) is 4.49. The molecule has 0 aliphatic heterocycles. The van der Waals surface area contributed by atoms with Gasteiger partial charge in [-0.05, 0) is 24.6 Å². The molecule has 100 valence electrons. The number of anilines is 1. The standard InChI is InChI=1S/C13H20N2O3/c1-9(14-8-12(16)17)13(18)10-4-6-11(7-5-10)15(2)3/h4-7,9,13-14,18H,8H2,1-3H3,(H,16,17). The van der Waals surface area contributed by atoms with Crippen molar-refractivity contribution >= 4 is 11.7 Å². The summed E-state index contributed by atoms with van der Waals surface area (Å²) in [7, 11) is 3.89. The van der Waals surface area contributed by atoms with Crippen molar-refractivity contribution in [2.45, 2.75) is 19.1 Å². The van der Waals surface area contributed by atoms with E-state index >= 15 is 0 Å². The van der Waals surface area contributed by atoms with Crippen LogP contribution in [0.1, 0.15) is 18.6 Å². The van der Waals surface area contributed by atoms with E-state index in [2.05, 4.69) is 5.32 Å². The van der Waals surface area contributed by atoms with E-state index < -0.39 is 12.1 Å². The first-order chi connectivity index (χ1) is 8.41. The Morgan fingerprint density at radius 1 is 1.33 bits per heavy atom. The zero-order valence-corrected chi connectivity index (χ0v) is 10.9. The number of carboxylic acid groups (broad SMARTS) is 1. The van der Waals surface area contributed by atoms with E-state index in [4.69, 9.17) is 5.11 Å². The third kappa shape index (κ3) is 4.01. The number of aliphatic hydroxyl groups excluding tert-OH is 1. The maximum absolute atomic E-state index is 10.4. The van der Waals surface area contributed by atoms with Crippen LogP contribution >= 0.6 is 0 Å². The van der Waals surface area contributed by atoms with Crippen LogP contribution in [-0.2, 0) is 4.79 Å². The molecule has 1 aromatic carbocycles. The van der Waals surface area contributed by atoms with E-state index in [1.54, 1.807) is 6.92 Å². The van der Waals surface area contributed by atoms with Crippen LogP contribution < -0.4 is 10.2 Å². The number of carbonyl (C=O) groups is 1. The highest BCUT2D eigenvalue weighted by Crippen LogP contribution is 2.20. The van der Waals surface area contributed by atoms with Crippen molar-refractivity contribution in [3.8, 4) is 0 Å². The lowest BCUT2D eigenvalue weighted by atomic mass is 10.0. The third-order valence-electron chi connectivity index (χ3n) is 2.80. The van der Waals surface area contributed by atoms with Crippen LogP contribution in [0.25, 0.3) is 0 Å². The first-order valence-electron chi connectivity index (χ1n) is 5.82. The fraction of sp³-hybridized carbons (Fsp3) is 0.462. The highest BCUT2D eigenvalue weighted by Gasteiger charge is 2.16. The molecule has 5 nitrogen and oxygen atoms in total. The highest BCUT2D eigenvalue weighted by molar-refractivity contribution is 5.69. The molecule has 0 heterocycles. The fourth-order valence-electron chi connectivity index (χ4n) is 1.62. The molecule has 0 saturated carbocycles. The van der Waals surface area contributed by atoms with E-state index in [1.807, 2.05) is 43.3 Å². The number of nitrogens with zero attached hydrogens (tertiary/aromatic N) is 1. The van der Waals surface area contributed by atoms with Gasteiger partial charge in [0.2, 0.25) is 0 Å². The molecule has 1 rings (SSSR count). The summed E-state index contributed by atoms with van der Waals surface area (Å²) in [4.78, 5) is 12.4. The number of hydrogen-bond donors (Lipinski definition) is 3. The van der Waals surface area contributed by atoms with Crippen molar-refractivity contribution in [2.75, 3.05) is 25.5 Å². The fourth-order valence-corrected chi connectivity index (χ4v) is 1.62. The Morgan fingerprint density at radius 3 is 2.33 bits per heavy atom. The number of benzene rings is 1. The maximum atomic E-state index is 10.4. The molecule has 2 atom stereocenters. The Morgan fingerprint density at radius 2 is 1.89 bits per heavy atom. The van der Waals surface area contributed by atoms with Gasteiger partial charge in [-0.3, -0.25) is 4.79 Å². The topological polar surface area (TPSA) is 72.8 Å². The van der Waals surface area contributed by atoms with Crippen molar-refractivity contribution in [3.05, 3.63) is 29.8 Å². The Balaban J connectivity index is 2.65. The van der Waals surface area contributed by atoms with Gasteiger partial charge in [-0.1, -0.05) is 12.1 Å². The Kier molecular flexibility index (Phi) is 5.12. The molecule has 0 aromatic heterocycles. The quantitative estimate of drug-likeness (QED) is 0.700. The van der Waals surface area contributed by atoms with Crippen molar-refractivity contribution in [1.29, 1.82) is 0 Å². The number of nitrogens with one attached hydrogen (secondary N) is 1. The van der Waals surface area contributed by atoms with Gasteiger partial charge in [0.1, 0.15) is 0 Å².